The first-order valence-electron chi connectivity index (χ1n) is 11.8. The highest BCUT2D eigenvalue weighted by Gasteiger charge is 2.03. The predicted octanol–water partition coefficient (Wildman–Crippen LogP) is 4.55. The number of rotatable bonds is 11. The fourth-order valence-electron chi connectivity index (χ4n) is 3.40. The van der Waals surface area contributed by atoms with Crippen LogP contribution in [0.5, 0.6) is 0 Å². The minimum atomic E-state index is 0.826. The van der Waals surface area contributed by atoms with Gasteiger partial charge in [-0.1, -0.05) is 28.1 Å². The van der Waals surface area contributed by atoms with Crippen LogP contribution < -0.4 is 5.32 Å². The molecule has 0 amide bonds. The van der Waals surface area contributed by atoms with E-state index in [9.17, 15) is 0 Å². The smallest absolute Gasteiger partial charge is 0.177 e. The van der Waals surface area contributed by atoms with Crippen molar-refractivity contribution in [2.24, 2.45) is 0 Å². The molecule has 0 saturated heterocycles. The SMILES string of the molecule is C=CCBr.C=CCN(C)CCCn1cnc2ncccc21.CNCCCn1cnc2ncccc21. The molecule has 8 nitrogen and oxygen atoms in total. The summed E-state index contributed by atoms with van der Waals surface area (Å²) >= 11 is 3.13. The maximum Gasteiger partial charge on any atom is 0.177 e. The number of pyridine rings is 2. The van der Waals surface area contributed by atoms with Crippen LogP contribution >= 0.6 is 15.9 Å². The Morgan fingerprint density at radius 2 is 1.46 bits per heavy atom. The third-order valence-corrected chi connectivity index (χ3v) is 5.56. The predicted molar refractivity (Wildman–Crippen MR) is 150 cm³/mol. The molecule has 0 bridgehead atoms. The van der Waals surface area contributed by atoms with Crippen LogP contribution in [0.3, 0.4) is 0 Å². The van der Waals surface area contributed by atoms with E-state index in [4.69, 9.17) is 0 Å². The molecule has 4 rings (SSSR count). The van der Waals surface area contributed by atoms with Gasteiger partial charge in [0.15, 0.2) is 11.3 Å². The first-order valence-corrected chi connectivity index (χ1v) is 12.9. The van der Waals surface area contributed by atoms with Gasteiger partial charge in [-0.25, -0.2) is 19.9 Å². The van der Waals surface area contributed by atoms with Crippen molar-refractivity contribution in [2.75, 3.05) is 39.1 Å². The number of fused-ring (bicyclic) bond motifs is 2. The molecule has 0 atom stereocenters. The van der Waals surface area contributed by atoms with Crippen molar-refractivity contribution < 1.29 is 0 Å². The molecular weight excluding hydrogens is 504 g/mol. The van der Waals surface area contributed by atoms with Gasteiger partial charge >= 0.3 is 0 Å². The normalized spacial score (nSPS) is 10.5. The molecule has 0 aromatic carbocycles. The van der Waals surface area contributed by atoms with Crippen LogP contribution in [0.15, 0.2) is 74.6 Å². The molecule has 0 aliphatic carbocycles. The molecule has 4 heterocycles. The van der Waals surface area contributed by atoms with Crippen LogP contribution in [0.1, 0.15) is 12.8 Å². The second-order valence-corrected chi connectivity index (χ2v) is 8.52. The molecule has 0 spiro atoms. The van der Waals surface area contributed by atoms with E-state index in [2.05, 4.69) is 87.6 Å². The summed E-state index contributed by atoms with van der Waals surface area (Å²) in [7, 11) is 4.07. The van der Waals surface area contributed by atoms with Crippen LogP contribution in [0.2, 0.25) is 0 Å². The molecule has 0 aliphatic heterocycles. The van der Waals surface area contributed by atoms with E-state index in [1.807, 2.05) is 37.9 Å². The van der Waals surface area contributed by atoms with Gasteiger partial charge < -0.3 is 19.4 Å². The lowest BCUT2D eigenvalue weighted by Gasteiger charge is -2.14. The van der Waals surface area contributed by atoms with Crippen LogP contribution in [0, 0.1) is 0 Å². The molecule has 1 N–H and O–H groups in total. The summed E-state index contributed by atoms with van der Waals surface area (Å²) < 4.78 is 4.30. The van der Waals surface area contributed by atoms with Crippen molar-refractivity contribution in [3.8, 4) is 0 Å². The molecule has 0 unspecified atom stereocenters. The van der Waals surface area contributed by atoms with E-state index in [1.165, 1.54) is 0 Å². The Kier molecular flexibility index (Phi) is 13.5. The molecule has 9 heteroatoms. The summed E-state index contributed by atoms with van der Waals surface area (Å²) in [5, 5.41) is 4.02. The number of alkyl halides is 1. The number of aromatic nitrogens is 6. The molecule has 4 aromatic rings. The second-order valence-electron chi connectivity index (χ2n) is 7.87. The third kappa shape index (κ3) is 9.71. The lowest BCUT2D eigenvalue weighted by atomic mass is 10.3. The van der Waals surface area contributed by atoms with Crippen LogP contribution in [-0.4, -0.2) is 73.0 Å². The van der Waals surface area contributed by atoms with E-state index in [-0.39, 0.29) is 0 Å². The van der Waals surface area contributed by atoms with Crippen molar-refractivity contribution in [3.63, 3.8) is 0 Å². The molecule has 0 fully saturated rings. The summed E-state index contributed by atoms with van der Waals surface area (Å²) in [6.07, 6.45) is 13.2. The fourth-order valence-corrected chi connectivity index (χ4v) is 3.40. The average molecular weight is 542 g/mol. The summed E-state index contributed by atoms with van der Waals surface area (Å²) in [6, 6.07) is 8.00. The van der Waals surface area contributed by atoms with Crippen LogP contribution in [0.4, 0.5) is 0 Å². The van der Waals surface area contributed by atoms with Crippen LogP contribution in [-0.2, 0) is 13.1 Å². The highest BCUT2D eigenvalue weighted by molar-refractivity contribution is 9.09. The monoisotopic (exact) mass is 540 g/mol. The average Bonchev–Trinajstić information content (AvgIpc) is 3.49. The van der Waals surface area contributed by atoms with E-state index in [0.29, 0.717) is 0 Å². The Bertz CT molecular complexity index is 1140. The zero-order valence-corrected chi connectivity index (χ0v) is 22.4. The Balaban J connectivity index is 0.000000217. The summed E-state index contributed by atoms with van der Waals surface area (Å²) in [4.78, 5) is 19.2. The van der Waals surface area contributed by atoms with Gasteiger partial charge in [0.2, 0.25) is 0 Å². The standard InChI is InChI=1S/C13H18N4.C10H14N4.C3H5Br/c1-3-8-16(2)9-5-10-17-11-15-13-12(17)6-4-7-14-13;1-11-5-3-7-14-8-13-10-9(14)4-2-6-12-10;1-2-3-4/h3-4,6-7,11H,1,5,8-10H2,2H3;2,4,6,8,11H,3,5,7H2,1H3;2H,1,3H2. The lowest BCUT2D eigenvalue weighted by molar-refractivity contribution is 0.354. The number of hydrogen-bond donors (Lipinski definition) is 1. The van der Waals surface area contributed by atoms with Crippen molar-refractivity contribution in [3.05, 3.63) is 74.6 Å². The number of imidazole rings is 2. The molecular formula is C26H37BrN8. The number of aryl methyl sites for hydroxylation is 2. The Labute approximate surface area is 216 Å². The Morgan fingerprint density at radius 1 is 0.914 bits per heavy atom. The summed E-state index contributed by atoms with van der Waals surface area (Å²) in [5.74, 6) is 0. The number of hydrogen-bond acceptors (Lipinski definition) is 6. The van der Waals surface area contributed by atoms with Crippen molar-refractivity contribution in [1.29, 1.82) is 0 Å². The first kappa shape index (κ1) is 28.4. The highest BCUT2D eigenvalue weighted by Crippen LogP contribution is 2.10. The van der Waals surface area contributed by atoms with E-state index < -0.39 is 0 Å². The zero-order valence-electron chi connectivity index (χ0n) is 20.9. The third-order valence-electron chi connectivity index (χ3n) is 5.10. The quantitative estimate of drug-likeness (QED) is 0.171. The van der Waals surface area contributed by atoms with Crippen molar-refractivity contribution >= 4 is 38.3 Å². The maximum absolute atomic E-state index is 4.27. The number of nitrogens with zero attached hydrogens (tertiary/aromatic N) is 7. The van der Waals surface area contributed by atoms with Gasteiger partial charge in [-0.15, -0.1) is 13.2 Å². The molecule has 0 radical (unpaired) electrons. The number of likely N-dealkylation sites (N-methyl/N-ethyl adjacent to an activating group) is 1. The summed E-state index contributed by atoms with van der Waals surface area (Å²) in [5.41, 5.74) is 3.88. The van der Waals surface area contributed by atoms with E-state index >= 15 is 0 Å². The number of nitrogens with one attached hydrogen (secondary N) is 1. The van der Waals surface area contributed by atoms with E-state index in [0.717, 1.165) is 73.2 Å². The molecule has 188 valence electrons. The van der Waals surface area contributed by atoms with Crippen molar-refractivity contribution in [2.45, 2.75) is 25.9 Å². The van der Waals surface area contributed by atoms with Gasteiger partial charge in [0.25, 0.3) is 0 Å². The minimum absolute atomic E-state index is 0.826. The van der Waals surface area contributed by atoms with Gasteiger partial charge in [-0.3, -0.25) is 0 Å². The lowest BCUT2D eigenvalue weighted by Crippen LogP contribution is -2.20. The summed E-state index contributed by atoms with van der Waals surface area (Å²) in [6.45, 7) is 12.2. The second kappa shape index (κ2) is 16.7. The van der Waals surface area contributed by atoms with Gasteiger partial charge in [0.1, 0.15) is 0 Å². The first-order chi connectivity index (χ1) is 17.1. The van der Waals surface area contributed by atoms with E-state index in [1.54, 1.807) is 18.5 Å². The van der Waals surface area contributed by atoms with Crippen molar-refractivity contribution in [1.82, 2.24) is 39.3 Å². The highest BCUT2D eigenvalue weighted by atomic mass is 79.9. The van der Waals surface area contributed by atoms with Gasteiger partial charge in [0.05, 0.1) is 23.7 Å². The fraction of sp³-hybridized carbons (Fsp3) is 0.385. The number of halogens is 1. The number of allylic oxidation sites excluding steroid dienone is 1. The zero-order chi connectivity index (χ0) is 25.3. The molecule has 0 saturated carbocycles. The Morgan fingerprint density at radius 3 is 1.94 bits per heavy atom. The molecule has 35 heavy (non-hydrogen) atoms. The minimum Gasteiger partial charge on any atom is -0.329 e. The van der Waals surface area contributed by atoms with Gasteiger partial charge in [0, 0.05) is 37.4 Å². The van der Waals surface area contributed by atoms with Crippen LogP contribution in [0.25, 0.3) is 22.3 Å². The topological polar surface area (TPSA) is 76.7 Å². The van der Waals surface area contributed by atoms with Gasteiger partial charge in [-0.2, -0.15) is 0 Å². The van der Waals surface area contributed by atoms with Gasteiger partial charge in [-0.05, 0) is 64.3 Å². The Hall–Kier alpha value is -2.88. The molecule has 0 aliphatic rings. The molecule has 4 aromatic heterocycles. The maximum atomic E-state index is 4.27. The largest absolute Gasteiger partial charge is 0.329 e.